The molecule has 1 heterocycles. The van der Waals surface area contributed by atoms with E-state index in [1.165, 1.54) is 7.11 Å². The van der Waals surface area contributed by atoms with Crippen molar-refractivity contribution in [2.24, 2.45) is 7.05 Å². The molecule has 0 fully saturated rings. The van der Waals surface area contributed by atoms with Crippen molar-refractivity contribution in [3.05, 3.63) is 74.8 Å². The summed E-state index contributed by atoms with van der Waals surface area (Å²) in [5, 5.41) is 0. The Kier molecular flexibility index (Phi) is 5.66. The van der Waals surface area contributed by atoms with Crippen LogP contribution in [0.1, 0.15) is 5.69 Å². The average Bonchev–Trinajstić information content (AvgIpc) is 2.67. The molecule has 30 heavy (non-hydrogen) atoms. The molecule has 2 N–H and O–H groups in total. The number of halogens is 4. The van der Waals surface area contributed by atoms with Gasteiger partial charge >= 0.3 is 11.9 Å². The topological polar surface area (TPSA) is 79.2 Å². The summed E-state index contributed by atoms with van der Waals surface area (Å²) in [5.41, 5.74) is 1.28. The molecule has 0 atom stereocenters. The summed E-state index contributed by atoms with van der Waals surface area (Å²) in [6.07, 6.45) is -4.92. The molecule has 0 amide bonds. The molecule has 0 bridgehead atoms. The Morgan fingerprint density at radius 1 is 1.07 bits per heavy atom. The molecule has 11 heteroatoms. The molecule has 0 unspecified atom stereocenters. The number of rotatable bonds is 4. The number of nitrogens with zero attached hydrogens (tertiary/aromatic N) is 2. The predicted octanol–water partition coefficient (Wildman–Crippen LogP) is 3.44. The van der Waals surface area contributed by atoms with Crippen molar-refractivity contribution in [3.8, 4) is 11.4 Å². The highest BCUT2D eigenvalue weighted by molar-refractivity contribution is 7.99. The van der Waals surface area contributed by atoms with Gasteiger partial charge in [0.25, 0.3) is 5.56 Å². The lowest BCUT2D eigenvalue weighted by molar-refractivity contribution is -0.144. The molecular weight excluding hydrogens is 426 g/mol. The normalized spacial score (nSPS) is 11.5. The quantitative estimate of drug-likeness (QED) is 0.496. The van der Waals surface area contributed by atoms with Crippen LogP contribution in [0.2, 0.25) is 0 Å². The third-order valence-electron chi connectivity index (χ3n) is 4.22. The molecule has 158 valence electrons. The van der Waals surface area contributed by atoms with E-state index in [4.69, 9.17) is 10.5 Å². The van der Waals surface area contributed by atoms with Crippen molar-refractivity contribution in [3.63, 3.8) is 0 Å². The first-order valence-corrected chi connectivity index (χ1v) is 9.16. The van der Waals surface area contributed by atoms with Gasteiger partial charge in [-0.05, 0) is 18.2 Å². The van der Waals surface area contributed by atoms with Crippen LogP contribution < -0.4 is 21.7 Å². The lowest BCUT2D eigenvalue weighted by Crippen LogP contribution is -2.41. The second-order valence-electron chi connectivity index (χ2n) is 6.14. The summed E-state index contributed by atoms with van der Waals surface area (Å²) in [5.74, 6) is -0.522. The molecule has 0 saturated heterocycles. The number of ether oxygens (including phenoxy) is 1. The maximum atomic E-state index is 14.6. The van der Waals surface area contributed by atoms with Gasteiger partial charge in [0.15, 0.2) is 0 Å². The summed E-state index contributed by atoms with van der Waals surface area (Å²) in [7, 11) is 2.31. The number of nitrogen functional groups attached to an aromatic ring is 1. The highest BCUT2D eigenvalue weighted by Gasteiger charge is 2.35. The fourth-order valence-electron chi connectivity index (χ4n) is 2.76. The van der Waals surface area contributed by atoms with E-state index in [1.54, 1.807) is 24.3 Å². The Morgan fingerprint density at radius 2 is 1.73 bits per heavy atom. The number of benzene rings is 2. The summed E-state index contributed by atoms with van der Waals surface area (Å²) in [6.45, 7) is 0. The van der Waals surface area contributed by atoms with Gasteiger partial charge in [-0.2, -0.15) is 13.2 Å². The third-order valence-corrected chi connectivity index (χ3v) is 5.35. The van der Waals surface area contributed by atoms with Crippen LogP contribution in [0.4, 0.5) is 23.2 Å². The Hall–Kier alpha value is -3.21. The smallest absolute Gasteiger partial charge is 0.431 e. The summed E-state index contributed by atoms with van der Waals surface area (Å²) < 4.78 is 59.5. The van der Waals surface area contributed by atoms with E-state index in [0.29, 0.717) is 15.2 Å². The average molecular weight is 441 g/mol. The number of aromatic nitrogens is 2. The monoisotopic (exact) mass is 441 g/mol. The van der Waals surface area contributed by atoms with Crippen molar-refractivity contribution in [2.75, 3.05) is 12.8 Å². The summed E-state index contributed by atoms with van der Waals surface area (Å²) >= 11 is 1.09. The molecule has 1 aromatic heterocycles. The van der Waals surface area contributed by atoms with Gasteiger partial charge < -0.3 is 10.5 Å². The van der Waals surface area contributed by atoms with Crippen LogP contribution in [-0.4, -0.2) is 16.2 Å². The van der Waals surface area contributed by atoms with E-state index in [2.05, 4.69) is 0 Å². The fraction of sp³-hybridized carbons (Fsp3) is 0.158. The van der Waals surface area contributed by atoms with Gasteiger partial charge in [-0.1, -0.05) is 23.9 Å². The molecule has 3 aromatic rings. The van der Waals surface area contributed by atoms with Gasteiger partial charge in [-0.15, -0.1) is 0 Å². The maximum absolute atomic E-state index is 14.6. The molecule has 3 rings (SSSR count). The van der Waals surface area contributed by atoms with Crippen LogP contribution in [0.25, 0.3) is 5.69 Å². The second kappa shape index (κ2) is 7.90. The van der Waals surface area contributed by atoms with Crippen LogP contribution in [0.5, 0.6) is 5.75 Å². The fourth-order valence-corrected chi connectivity index (χ4v) is 3.74. The molecule has 0 radical (unpaired) electrons. The van der Waals surface area contributed by atoms with Crippen LogP contribution in [0.15, 0.2) is 61.8 Å². The van der Waals surface area contributed by atoms with Crippen molar-refractivity contribution in [2.45, 2.75) is 16.0 Å². The van der Waals surface area contributed by atoms with Crippen molar-refractivity contribution < 1.29 is 22.3 Å². The second-order valence-corrected chi connectivity index (χ2v) is 7.22. The first-order chi connectivity index (χ1) is 14.0. The Labute approximate surface area is 171 Å². The summed E-state index contributed by atoms with van der Waals surface area (Å²) in [4.78, 5) is 25.7. The van der Waals surface area contributed by atoms with Crippen molar-refractivity contribution in [1.29, 1.82) is 0 Å². The van der Waals surface area contributed by atoms with Gasteiger partial charge in [0.1, 0.15) is 17.3 Å². The van der Waals surface area contributed by atoms with Crippen LogP contribution in [-0.2, 0) is 13.2 Å². The minimum Gasteiger partial charge on any atom is -0.496 e. The zero-order chi connectivity index (χ0) is 22.2. The zero-order valence-corrected chi connectivity index (χ0v) is 16.5. The molecule has 0 aliphatic heterocycles. The lowest BCUT2D eigenvalue weighted by atomic mass is 10.2. The minimum absolute atomic E-state index is 0.0175. The highest BCUT2D eigenvalue weighted by Crippen LogP contribution is 2.38. The molecule has 0 aliphatic rings. The SMILES string of the molecule is COc1ccccc1Sc1cc(-n2c(=O)cc(C(F)(F)F)n(C)c2=O)c(F)cc1N. The van der Waals surface area contributed by atoms with Crippen LogP contribution in [0.3, 0.4) is 0 Å². The van der Waals surface area contributed by atoms with Crippen LogP contribution in [0, 0.1) is 5.82 Å². The number of para-hydroxylation sites is 1. The first kappa shape index (κ1) is 21.5. The molecule has 6 nitrogen and oxygen atoms in total. The summed E-state index contributed by atoms with van der Waals surface area (Å²) in [6, 6.07) is 9.17. The number of hydrogen-bond acceptors (Lipinski definition) is 5. The number of anilines is 1. The van der Waals surface area contributed by atoms with E-state index in [1.807, 2.05) is 0 Å². The van der Waals surface area contributed by atoms with E-state index in [9.17, 15) is 27.2 Å². The molecule has 2 aromatic carbocycles. The van der Waals surface area contributed by atoms with Crippen LogP contribution >= 0.6 is 11.8 Å². The van der Waals surface area contributed by atoms with E-state index in [0.717, 1.165) is 30.9 Å². The van der Waals surface area contributed by atoms with E-state index in [-0.39, 0.29) is 21.2 Å². The van der Waals surface area contributed by atoms with Gasteiger partial charge in [0, 0.05) is 29.8 Å². The maximum Gasteiger partial charge on any atom is 0.431 e. The van der Waals surface area contributed by atoms with Crippen molar-refractivity contribution in [1.82, 2.24) is 9.13 Å². The standard InChI is InChI=1S/C19H15F4N3O3S/c1-25-16(19(21,22)23)9-17(27)26(18(25)28)12-8-15(11(24)7-10(12)20)30-14-6-4-3-5-13(14)29-2/h3-9H,24H2,1-2H3. The molecule has 0 spiro atoms. The largest absolute Gasteiger partial charge is 0.496 e. The van der Waals surface area contributed by atoms with E-state index >= 15 is 0 Å². The van der Waals surface area contributed by atoms with E-state index < -0.39 is 34.6 Å². The lowest BCUT2D eigenvalue weighted by Gasteiger charge is -2.16. The Bertz CT molecular complexity index is 1240. The van der Waals surface area contributed by atoms with Gasteiger partial charge in [-0.3, -0.25) is 9.36 Å². The Morgan fingerprint density at radius 3 is 2.37 bits per heavy atom. The van der Waals surface area contributed by atoms with Crippen molar-refractivity contribution >= 4 is 17.4 Å². The first-order valence-electron chi connectivity index (χ1n) is 8.35. The molecule has 0 aliphatic carbocycles. The van der Waals surface area contributed by atoms with Gasteiger partial charge in [-0.25, -0.2) is 13.8 Å². The zero-order valence-electron chi connectivity index (χ0n) is 15.7. The van der Waals surface area contributed by atoms with Gasteiger partial charge in [0.2, 0.25) is 0 Å². The minimum atomic E-state index is -4.92. The number of nitrogens with two attached hydrogens (primary N) is 1. The predicted molar refractivity (Wildman–Crippen MR) is 104 cm³/mol. The molecular formula is C19H15F4N3O3S. The highest BCUT2D eigenvalue weighted by atomic mass is 32.2. The van der Waals surface area contributed by atoms with Gasteiger partial charge in [0.05, 0.1) is 17.7 Å². The molecule has 0 saturated carbocycles. The number of hydrogen-bond donors (Lipinski definition) is 1. The Balaban J connectivity index is 2.19. The number of methoxy groups -OCH3 is 1. The number of alkyl halides is 3. The third kappa shape index (κ3) is 3.92.